The largest absolute Gasteiger partial charge is 0.496 e. The quantitative estimate of drug-likeness (QED) is 0.839. The lowest BCUT2D eigenvalue weighted by Crippen LogP contribution is -2.31. The van der Waals surface area contributed by atoms with Crippen molar-refractivity contribution < 1.29 is 23.5 Å². The molecule has 0 heterocycles. The lowest BCUT2D eigenvalue weighted by atomic mass is 10.0. The number of para-hydroxylation sites is 1. The van der Waals surface area contributed by atoms with Gasteiger partial charge >= 0.3 is 0 Å². The minimum Gasteiger partial charge on any atom is -0.496 e. The highest BCUT2D eigenvalue weighted by atomic mass is 19.1. The minimum atomic E-state index is -0.412. The van der Waals surface area contributed by atoms with Crippen LogP contribution in [-0.2, 0) is 4.79 Å². The molecule has 1 aliphatic carbocycles. The van der Waals surface area contributed by atoms with E-state index in [1.54, 1.807) is 14.0 Å². The molecule has 3 rings (SSSR count). The van der Waals surface area contributed by atoms with E-state index >= 15 is 0 Å². The van der Waals surface area contributed by atoms with E-state index in [1.807, 2.05) is 31.2 Å². The molecule has 0 radical (unpaired) electrons. The number of amides is 1. The van der Waals surface area contributed by atoms with Crippen LogP contribution >= 0.6 is 0 Å². The Labute approximate surface area is 157 Å². The van der Waals surface area contributed by atoms with Crippen molar-refractivity contribution in [2.75, 3.05) is 13.7 Å². The number of carbonyl (C=O) groups excluding carboxylic acids is 2. The fourth-order valence-corrected chi connectivity index (χ4v) is 3.47. The summed E-state index contributed by atoms with van der Waals surface area (Å²) in [6.07, 6.45) is 0.254. The van der Waals surface area contributed by atoms with Crippen LogP contribution in [0.15, 0.2) is 36.4 Å². The summed E-state index contributed by atoms with van der Waals surface area (Å²) in [6, 6.07) is 9.82. The molecule has 142 valence electrons. The van der Waals surface area contributed by atoms with E-state index in [4.69, 9.17) is 9.47 Å². The van der Waals surface area contributed by atoms with Gasteiger partial charge in [-0.05, 0) is 31.0 Å². The van der Waals surface area contributed by atoms with Gasteiger partial charge in [0.05, 0.1) is 18.7 Å². The number of ether oxygens (including phenoxy) is 2. The predicted octanol–water partition coefficient (Wildman–Crippen LogP) is 3.78. The molecular formula is C21H22FNO4. The van der Waals surface area contributed by atoms with Gasteiger partial charge in [0.15, 0.2) is 12.4 Å². The fraction of sp³-hybridized carbons (Fsp3) is 0.333. The van der Waals surface area contributed by atoms with Gasteiger partial charge in [0.1, 0.15) is 17.3 Å². The van der Waals surface area contributed by atoms with Crippen LogP contribution in [0.4, 0.5) is 4.39 Å². The van der Waals surface area contributed by atoms with Crippen molar-refractivity contribution in [1.29, 1.82) is 0 Å². The topological polar surface area (TPSA) is 64.6 Å². The summed E-state index contributed by atoms with van der Waals surface area (Å²) in [5.41, 5.74) is 1.48. The molecule has 27 heavy (non-hydrogen) atoms. The van der Waals surface area contributed by atoms with Gasteiger partial charge in [0.25, 0.3) is 5.91 Å². The fourth-order valence-electron chi connectivity index (χ4n) is 3.47. The van der Waals surface area contributed by atoms with Gasteiger partial charge in [-0.25, -0.2) is 4.39 Å². The molecule has 0 unspecified atom stereocenters. The number of methoxy groups -OCH3 is 1. The predicted molar refractivity (Wildman–Crippen MR) is 98.8 cm³/mol. The molecule has 0 aliphatic heterocycles. The summed E-state index contributed by atoms with van der Waals surface area (Å²) in [6.45, 7) is 3.38. The Kier molecular flexibility index (Phi) is 5.44. The number of benzene rings is 2. The number of carbonyl (C=O) groups is 2. The van der Waals surface area contributed by atoms with Crippen LogP contribution in [0.2, 0.25) is 0 Å². The summed E-state index contributed by atoms with van der Waals surface area (Å²) in [5, 5.41) is 2.84. The molecule has 0 aromatic heterocycles. The Morgan fingerprint density at radius 1 is 1.26 bits per heavy atom. The van der Waals surface area contributed by atoms with E-state index in [-0.39, 0.29) is 48.0 Å². The Bertz CT molecular complexity index is 880. The molecule has 1 aliphatic rings. The average Bonchev–Trinajstić information content (AvgIpc) is 2.96. The molecule has 2 aromatic rings. The number of Topliss-reactive ketones (excluding diaryl/α,β-unsaturated/α-hetero) is 1. The van der Waals surface area contributed by atoms with Crippen molar-refractivity contribution in [2.24, 2.45) is 0 Å². The van der Waals surface area contributed by atoms with Gasteiger partial charge in [-0.15, -0.1) is 0 Å². The summed E-state index contributed by atoms with van der Waals surface area (Å²) in [7, 11) is 1.57. The second-order valence-electron chi connectivity index (χ2n) is 6.68. The van der Waals surface area contributed by atoms with Gasteiger partial charge in [-0.2, -0.15) is 0 Å². The van der Waals surface area contributed by atoms with Crippen molar-refractivity contribution in [3.63, 3.8) is 0 Å². The van der Waals surface area contributed by atoms with Crippen LogP contribution in [0.25, 0.3) is 0 Å². The van der Waals surface area contributed by atoms with E-state index in [0.717, 1.165) is 5.56 Å². The molecule has 0 bridgehead atoms. The number of nitrogens with one attached hydrogen (secondary N) is 1. The van der Waals surface area contributed by atoms with Crippen molar-refractivity contribution in [3.05, 3.63) is 58.9 Å². The van der Waals surface area contributed by atoms with Crippen LogP contribution < -0.4 is 14.8 Å². The molecule has 0 saturated carbocycles. The third kappa shape index (κ3) is 3.79. The molecule has 5 nitrogen and oxygen atoms in total. The first-order valence-electron chi connectivity index (χ1n) is 8.83. The lowest BCUT2D eigenvalue weighted by Gasteiger charge is -2.18. The number of hydrogen-bond donors (Lipinski definition) is 1. The molecule has 2 atom stereocenters. The number of rotatable bonds is 6. The SMILES string of the molecule is COc1ccccc1[C@H](C)NC(=O)COc1ccc(F)c2c1C(=O)C[C@H]2C. The molecular weight excluding hydrogens is 349 g/mol. The van der Waals surface area contributed by atoms with Crippen LogP contribution in [0, 0.1) is 5.82 Å². The van der Waals surface area contributed by atoms with E-state index in [1.165, 1.54) is 12.1 Å². The van der Waals surface area contributed by atoms with Crippen molar-refractivity contribution in [3.8, 4) is 11.5 Å². The molecule has 6 heteroatoms. The van der Waals surface area contributed by atoms with Crippen molar-refractivity contribution in [2.45, 2.75) is 32.2 Å². The minimum absolute atomic E-state index is 0.158. The Hall–Kier alpha value is -2.89. The highest BCUT2D eigenvalue weighted by Crippen LogP contribution is 2.39. The second kappa shape index (κ2) is 7.78. The Morgan fingerprint density at radius 2 is 2.00 bits per heavy atom. The van der Waals surface area contributed by atoms with Gasteiger partial charge in [0.2, 0.25) is 0 Å². The van der Waals surface area contributed by atoms with E-state index in [2.05, 4.69) is 5.32 Å². The number of fused-ring (bicyclic) bond motifs is 1. The second-order valence-corrected chi connectivity index (χ2v) is 6.68. The standard InChI is InChI=1S/C21H22FNO4/c1-12-10-16(24)21-18(9-8-15(22)20(12)21)27-11-19(25)23-13(2)14-6-4-5-7-17(14)26-3/h4-9,12-13H,10-11H2,1-3H3,(H,23,25)/t12-,13+/m1/s1. The summed E-state index contributed by atoms with van der Waals surface area (Å²) in [4.78, 5) is 24.4. The Balaban J connectivity index is 1.68. The van der Waals surface area contributed by atoms with Crippen molar-refractivity contribution in [1.82, 2.24) is 5.32 Å². The molecule has 1 amide bonds. The zero-order chi connectivity index (χ0) is 19.6. The van der Waals surface area contributed by atoms with E-state index < -0.39 is 5.82 Å². The summed E-state index contributed by atoms with van der Waals surface area (Å²) >= 11 is 0. The molecule has 2 aromatic carbocycles. The molecule has 1 N–H and O–H groups in total. The van der Waals surface area contributed by atoms with Crippen molar-refractivity contribution >= 4 is 11.7 Å². The van der Waals surface area contributed by atoms with Crippen LogP contribution in [0.1, 0.15) is 53.7 Å². The highest BCUT2D eigenvalue weighted by Gasteiger charge is 2.32. The zero-order valence-corrected chi connectivity index (χ0v) is 15.5. The van der Waals surface area contributed by atoms with E-state index in [9.17, 15) is 14.0 Å². The summed E-state index contributed by atoms with van der Waals surface area (Å²) in [5.74, 6) is -0.164. The first-order chi connectivity index (χ1) is 12.9. The average molecular weight is 371 g/mol. The first kappa shape index (κ1) is 18.9. The molecule has 0 spiro atoms. The third-order valence-corrected chi connectivity index (χ3v) is 4.76. The summed E-state index contributed by atoms with van der Waals surface area (Å²) < 4.78 is 24.9. The molecule has 0 fully saturated rings. The third-order valence-electron chi connectivity index (χ3n) is 4.76. The van der Waals surface area contributed by atoms with Crippen LogP contribution in [0.5, 0.6) is 11.5 Å². The number of halogens is 1. The molecule has 0 saturated heterocycles. The van der Waals surface area contributed by atoms with Gasteiger partial charge in [-0.3, -0.25) is 9.59 Å². The monoisotopic (exact) mass is 371 g/mol. The maximum Gasteiger partial charge on any atom is 0.258 e. The number of hydrogen-bond acceptors (Lipinski definition) is 4. The maximum atomic E-state index is 14.0. The zero-order valence-electron chi connectivity index (χ0n) is 15.5. The maximum absolute atomic E-state index is 14.0. The van der Waals surface area contributed by atoms with Gasteiger partial charge < -0.3 is 14.8 Å². The van der Waals surface area contributed by atoms with Crippen LogP contribution in [0.3, 0.4) is 0 Å². The smallest absolute Gasteiger partial charge is 0.258 e. The first-order valence-corrected chi connectivity index (χ1v) is 8.83. The van der Waals surface area contributed by atoms with Gasteiger partial charge in [0, 0.05) is 17.5 Å². The normalized spacial score (nSPS) is 16.6. The number of ketones is 1. The highest BCUT2D eigenvalue weighted by molar-refractivity contribution is 6.03. The van der Waals surface area contributed by atoms with E-state index in [0.29, 0.717) is 11.3 Å². The van der Waals surface area contributed by atoms with Gasteiger partial charge in [-0.1, -0.05) is 25.1 Å². The lowest BCUT2D eigenvalue weighted by molar-refractivity contribution is -0.123. The van der Waals surface area contributed by atoms with Crippen LogP contribution in [-0.4, -0.2) is 25.4 Å². The Morgan fingerprint density at radius 3 is 2.74 bits per heavy atom.